The molecule has 0 spiro atoms. The topological polar surface area (TPSA) is 101 Å². The van der Waals surface area contributed by atoms with Crippen LogP contribution in [0.5, 0.6) is 0 Å². The van der Waals surface area contributed by atoms with Crippen molar-refractivity contribution in [2.45, 2.75) is 36.6 Å². The van der Waals surface area contributed by atoms with E-state index in [9.17, 15) is 21.9 Å². The van der Waals surface area contributed by atoms with Crippen LogP contribution in [0, 0.1) is 5.41 Å². The second-order valence-corrected chi connectivity index (χ2v) is 10.4. The van der Waals surface area contributed by atoms with E-state index < -0.39 is 19.7 Å². The van der Waals surface area contributed by atoms with Crippen LogP contribution in [0.3, 0.4) is 0 Å². The molecule has 1 atom stereocenters. The Kier molecular flexibility index (Phi) is 5.31. The van der Waals surface area contributed by atoms with Crippen molar-refractivity contribution in [2.75, 3.05) is 24.4 Å². The highest BCUT2D eigenvalue weighted by Gasteiger charge is 2.26. The molecule has 0 saturated carbocycles. The number of anilines is 1. The molecule has 0 saturated heterocycles. The summed E-state index contributed by atoms with van der Waals surface area (Å²) >= 11 is 0. The summed E-state index contributed by atoms with van der Waals surface area (Å²) in [5.41, 5.74) is -0.0252. The van der Waals surface area contributed by atoms with Gasteiger partial charge in [-0.2, -0.15) is 0 Å². The van der Waals surface area contributed by atoms with Crippen LogP contribution in [0.1, 0.15) is 20.8 Å². The fourth-order valence-electron chi connectivity index (χ4n) is 1.88. The van der Waals surface area contributed by atoms with E-state index in [0.717, 1.165) is 18.6 Å². The van der Waals surface area contributed by atoms with Crippen LogP contribution in [0.15, 0.2) is 28.0 Å². The molecule has 0 aliphatic carbocycles. The Morgan fingerprint density at radius 3 is 2.00 bits per heavy atom. The molecule has 1 unspecified atom stereocenters. The molecular formula is C14H23NO5S2. The minimum absolute atomic E-state index is 0.0604. The van der Waals surface area contributed by atoms with Gasteiger partial charge in [0, 0.05) is 12.5 Å². The SMILES string of the molecule is CC(C)(C)C(CO)Nc1ccc(S(C)(=O)=O)cc1S(C)(=O)=O. The van der Waals surface area contributed by atoms with E-state index in [1.165, 1.54) is 12.1 Å². The Morgan fingerprint density at radius 1 is 1.09 bits per heavy atom. The Bertz CT molecular complexity index is 746. The maximum absolute atomic E-state index is 12.0. The predicted octanol–water partition coefficient (Wildman–Crippen LogP) is 1.31. The number of hydrogen-bond donors (Lipinski definition) is 2. The van der Waals surface area contributed by atoms with Crippen molar-refractivity contribution in [1.29, 1.82) is 0 Å². The first-order valence-corrected chi connectivity index (χ1v) is 10.5. The van der Waals surface area contributed by atoms with Gasteiger partial charge in [-0.3, -0.25) is 0 Å². The Labute approximate surface area is 132 Å². The first-order valence-electron chi connectivity index (χ1n) is 6.68. The van der Waals surface area contributed by atoms with E-state index in [4.69, 9.17) is 0 Å². The molecule has 2 N–H and O–H groups in total. The second kappa shape index (κ2) is 6.17. The van der Waals surface area contributed by atoms with E-state index in [1.807, 2.05) is 20.8 Å². The minimum atomic E-state index is -3.62. The highest BCUT2D eigenvalue weighted by molar-refractivity contribution is 7.91. The van der Waals surface area contributed by atoms with Crippen LogP contribution in [-0.2, 0) is 19.7 Å². The van der Waals surface area contributed by atoms with Crippen molar-refractivity contribution >= 4 is 25.4 Å². The number of sulfone groups is 2. The minimum Gasteiger partial charge on any atom is -0.394 e. The molecule has 1 rings (SSSR count). The summed E-state index contributed by atoms with van der Waals surface area (Å²) in [5, 5.41) is 12.5. The van der Waals surface area contributed by atoms with E-state index in [-0.39, 0.29) is 33.5 Å². The lowest BCUT2D eigenvalue weighted by molar-refractivity contribution is 0.201. The van der Waals surface area contributed by atoms with Gasteiger partial charge >= 0.3 is 0 Å². The molecule has 0 amide bonds. The smallest absolute Gasteiger partial charge is 0.177 e. The summed E-state index contributed by atoms with van der Waals surface area (Å²) in [5.74, 6) is 0. The van der Waals surface area contributed by atoms with Crippen molar-refractivity contribution in [3.05, 3.63) is 18.2 Å². The fourth-order valence-corrected chi connectivity index (χ4v) is 3.47. The molecule has 0 fully saturated rings. The molecule has 126 valence electrons. The molecule has 22 heavy (non-hydrogen) atoms. The maximum atomic E-state index is 12.0. The molecule has 0 radical (unpaired) electrons. The van der Waals surface area contributed by atoms with Gasteiger partial charge in [0.05, 0.1) is 28.1 Å². The largest absolute Gasteiger partial charge is 0.394 e. The zero-order chi connectivity index (χ0) is 17.3. The summed E-state index contributed by atoms with van der Waals surface area (Å²) in [7, 11) is -7.13. The average Bonchev–Trinajstić information content (AvgIpc) is 2.32. The molecule has 6 nitrogen and oxygen atoms in total. The lowest BCUT2D eigenvalue weighted by atomic mass is 9.87. The van der Waals surface area contributed by atoms with Crippen molar-refractivity contribution in [2.24, 2.45) is 5.41 Å². The van der Waals surface area contributed by atoms with Gasteiger partial charge in [-0.25, -0.2) is 16.8 Å². The van der Waals surface area contributed by atoms with Gasteiger partial charge in [0.2, 0.25) is 0 Å². The predicted molar refractivity (Wildman–Crippen MR) is 86.6 cm³/mol. The van der Waals surface area contributed by atoms with Crippen LogP contribution in [-0.4, -0.2) is 47.1 Å². The van der Waals surface area contributed by atoms with Gasteiger partial charge in [-0.1, -0.05) is 20.8 Å². The van der Waals surface area contributed by atoms with Gasteiger partial charge in [0.1, 0.15) is 0 Å². The van der Waals surface area contributed by atoms with E-state index in [2.05, 4.69) is 5.32 Å². The third-order valence-electron chi connectivity index (χ3n) is 3.34. The van der Waals surface area contributed by atoms with E-state index in [1.54, 1.807) is 0 Å². The Balaban J connectivity index is 3.44. The van der Waals surface area contributed by atoms with Crippen LogP contribution in [0.2, 0.25) is 0 Å². The summed E-state index contributed by atoms with van der Waals surface area (Å²) in [6.07, 6.45) is 2.04. The number of aliphatic hydroxyl groups excluding tert-OH is 1. The quantitative estimate of drug-likeness (QED) is 0.831. The summed E-state index contributed by atoms with van der Waals surface area (Å²) in [6, 6.07) is 3.53. The van der Waals surface area contributed by atoms with Gasteiger partial charge in [0.15, 0.2) is 19.7 Å². The van der Waals surface area contributed by atoms with Gasteiger partial charge in [-0.15, -0.1) is 0 Å². The standard InChI is InChI=1S/C14H23NO5S2/c1-14(2,3)13(9-16)15-11-7-6-10(21(4,17)18)8-12(11)22(5,19)20/h6-8,13,15-16H,9H2,1-5H3. The molecule has 1 aromatic rings. The molecule has 0 heterocycles. The van der Waals surface area contributed by atoms with Crippen LogP contribution < -0.4 is 5.32 Å². The molecule has 0 bridgehead atoms. The first-order chi connectivity index (χ1) is 9.76. The highest BCUT2D eigenvalue weighted by atomic mass is 32.2. The highest BCUT2D eigenvalue weighted by Crippen LogP contribution is 2.29. The van der Waals surface area contributed by atoms with E-state index >= 15 is 0 Å². The molecule has 0 aliphatic heterocycles. The lowest BCUT2D eigenvalue weighted by Gasteiger charge is -2.31. The molecule has 0 aromatic heterocycles. The Morgan fingerprint density at radius 2 is 1.64 bits per heavy atom. The van der Waals surface area contributed by atoms with Gasteiger partial charge in [0.25, 0.3) is 0 Å². The number of hydrogen-bond acceptors (Lipinski definition) is 6. The van der Waals surface area contributed by atoms with Gasteiger partial charge in [-0.05, 0) is 23.6 Å². The van der Waals surface area contributed by atoms with Crippen LogP contribution in [0.25, 0.3) is 0 Å². The first kappa shape index (κ1) is 18.9. The third-order valence-corrected chi connectivity index (χ3v) is 5.59. The summed E-state index contributed by atoms with van der Waals surface area (Å²) < 4.78 is 47.1. The third kappa shape index (κ3) is 4.69. The van der Waals surface area contributed by atoms with Crippen molar-refractivity contribution in [1.82, 2.24) is 0 Å². The molecule has 8 heteroatoms. The number of benzene rings is 1. The number of nitrogens with one attached hydrogen (secondary N) is 1. The normalized spacial score (nSPS) is 14.6. The van der Waals surface area contributed by atoms with Crippen molar-refractivity contribution in [3.63, 3.8) is 0 Å². The van der Waals surface area contributed by atoms with Crippen LogP contribution in [0.4, 0.5) is 5.69 Å². The van der Waals surface area contributed by atoms with Crippen LogP contribution >= 0.6 is 0 Å². The average molecular weight is 349 g/mol. The second-order valence-electron chi connectivity index (χ2n) is 6.45. The zero-order valence-corrected chi connectivity index (χ0v) is 15.0. The maximum Gasteiger partial charge on any atom is 0.177 e. The molecule has 0 aliphatic rings. The summed E-state index contributed by atoms with van der Waals surface area (Å²) in [4.78, 5) is -0.159. The summed E-state index contributed by atoms with van der Waals surface area (Å²) in [6.45, 7) is 5.55. The van der Waals surface area contributed by atoms with E-state index in [0.29, 0.717) is 0 Å². The monoisotopic (exact) mass is 349 g/mol. The molecule has 1 aromatic carbocycles. The Hall–Kier alpha value is -1.12. The van der Waals surface area contributed by atoms with Gasteiger partial charge < -0.3 is 10.4 Å². The van der Waals surface area contributed by atoms with Crippen molar-refractivity contribution < 1.29 is 21.9 Å². The fraction of sp³-hybridized carbons (Fsp3) is 0.571. The lowest BCUT2D eigenvalue weighted by Crippen LogP contribution is -2.37. The van der Waals surface area contributed by atoms with Crippen molar-refractivity contribution in [3.8, 4) is 0 Å². The zero-order valence-electron chi connectivity index (χ0n) is 13.4. The number of aliphatic hydroxyl groups is 1. The molecular weight excluding hydrogens is 326 g/mol. The number of rotatable bonds is 5.